The molecular weight excluding hydrogens is 297 g/mol. The monoisotopic (exact) mass is 323 g/mol. The Morgan fingerprint density at radius 3 is 2.33 bits per heavy atom. The maximum atomic E-state index is 5.66. The van der Waals surface area contributed by atoms with Crippen molar-refractivity contribution in [3.8, 4) is 0 Å². The molecule has 2 heteroatoms. The molecule has 0 bridgehead atoms. The second-order valence-electron chi connectivity index (χ2n) is 4.17. The quantitative estimate of drug-likeness (QED) is 0.288. The van der Waals surface area contributed by atoms with Crippen LogP contribution in [0.25, 0.3) is 0 Å². The number of nitrogens with two attached hydrogens (primary N) is 1. The molecule has 0 aliphatic heterocycles. The number of rotatable bonds is 9. The fraction of sp³-hybridized carbons (Fsp3) is 0.846. The van der Waals surface area contributed by atoms with E-state index in [1.165, 1.54) is 43.0 Å². The van der Waals surface area contributed by atoms with Gasteiger partial charge in [0, 0.05) is 0 Å². The molecule has 0 aromatic carbocycles. The Bertz CT molecular complexity index is 175. The highest BCUT2D eigenvalue weighted by Gasteiger charge is 2.02. The molecule has 90 valence electrons. The first-order valence-corrected chi connectivity index (χ1v) is 7.72. The molecule has 0 amide bonds. The van der Waals surface area contributed by atoms with E-state index in [2.05, 4.69) is 36.4 Å². The van der Waals surface area contributed by atoms with Crippen LogP contribution < -0.4 is 5.73 Å². The Kier molecular flexibility index (Phi) is 11.2. The predicted octanol–water partition coefficient (Wildman–Crippen LogP) is 4.45. The van der Waals surface area contributed by atoms with Gasteiger partial charge in [-0.1, -0.05) is 47.1 Å². The van der Waals surface area contributed by atoms with Gasteiger partial charge < -0.3 is 5.73 Å². The van der Waals surface area contributed by atoms with E-state index in [0.717, 1.165) is 13.0 Å². The van der Waals surface area contributed by atoms with Crippen LogP contribution in [0.4, 0.5) is 0 Å². The lowest BCUT2D eigenvalue weighted by Crippen LogP contribution is -2.02. The number of hydrogen-bond donors (Lipinski definition) is 1. The molecule has 0 fully saturated rings. The van der Waals surface area contributed by atoms with Gasteiger partial charge in [0.05, 0.1) is 0 Å². The summed E-state index contributed by atoms with van der Waals surface area (Å²) in [6, 6.07) is 0. The molecule has 0 radical (unpaired) electrons. The third-order valence-electron chi connectivity index (χ3n) is 2.82. The summed E-state index contributed by atoms with van der Waals surface area (Å²) in [4.78, 5) is 0. The number of alkyl halides is 1. The molecule has 2 N–H and O–H groups in total. The van der Waals surface area contributed by atoms with Crippen LogP contribution in [-0.2, 0) is 0 Å². The van der Waals surface area contributed by atoms with Crippen molar-refractivity contribution in [3.63, 3.8) is 0 Å². The number of halogens is 1. The Morgan fingerprint density at radius 2 is 1.80 bits per heavy atom. The molecule has 0 aliphatic carbocycles. The highest BCUT2D eigenvalue weighted by Crippen LogP contribution is 2.20. The second kappa shape index (κ2) is 10.9. The smallest absolute Gasteiger partial charge is 0.000462 e. The van der Waals surface area contributed by atoms with E-state index >= 15 is 0 Å². The second-order valence-corrected chi connectivity index (χ2v) is 5.25. The zero-order valence-corrected chi connectivity index (χ0v) is 12.5. The maximum absolute atomic E-state index is 5.66. The predicted molar refractivity (Wildman–Crippen MR) is 78.6 cm³/mol. The SMILES string of the molecule is CCCC/C(C)=C(\CCN)CCCCI. The molecular formula is C13H26IN. The molecule has 0 saturated heterocycles. The van der Waals surface area contributed by atoms with Gasteiger partial charge in [-0.25, -0.2) is 0 Å². The van der Waals surface area contributed by atoms with Gasteiger partial charge in [0.1, 0.15) is 0 Å². The molecule has 0 unspecified atom stereocenters. The molecule has 0 atom stereocenters. The van der Waals surface area contributed by atoms with Gasteiger partial charge in [-0.2, -0.15) is 0 Å². The largest absolute Gasteiger partial charge is 0.330 e. The number of hydrogen-bond acceptors (Lipinski definition) is 1. The van der Waals surface area contributed by atoms with Crippen molar-refractivity contribution in [2.75, 3.05) is 11.0 Å². The van der Waals surface area contributed by atoms with Crippen LogP contribution in [0.1, 0.15) is 58.8 Å². The van der Waals surface area contributed by atoms with E-state index in [1.54, 1.807) is 11.1 Å². The highest BCUT2D eigenvalue weighted by atomic mass is 127. The van der Waals surface area contributed by atoms with Crippen molar-refractivity contribution in [2.24, 2.45) is 5.73 Å². The molecule has 0 saturated carbocycles. The lowest BCUT2D eigenvalue weighted by Gasteiger charge is -2.11. The van der Waals surface area contributed by atoms with Crippen molar-refractivity contribution in [1.82, 2.24) is 0 Å². The average Bonchev–Trinajstić information content (AvgIpc) is 2.25. The number of unbranched alkanes of at least 4 members (excludes halogenated alkanes) is 2. The normalized spacial score (nSPS) is 12.8. The maximum Gasteiger partial charge on any atom is -0.000462 e. The average molecular weight is 323 g/mol. The van der Waals surface area contributed by atoms with Crippen LogP contribution >= 0.6 is 22.6 Å². The zero-order chi connectivity index (χ0) is 11.5. The summed E-state index contributed by atoms with van der Waals surface area (Å²) in [7, 11) is 0. The van der Waals surface area contributed by atoms with Gasteiger partial charge in [-0.15, -0.1) is 0 Å². The van der Waals surface area contributed by atoms with Crippen LogP contribution in [0.2, 0.25) is 0 Å². The van der Waals surface area contributed by atoms with Gasteiger partial charge in [-0.3, -0.25) is 0 Å². The topological polar surface area (TPSA) is 26.0 Å². The van der Waals surface area contributed by atoms with Crippen LogP contribution in [0.3, 0.4) is 0 Å². The molecule has 0 rings (SSSR count). The minimum Gasteiger partial charge on any atom is -0.330 e. The van der Waals surface area contributed by atoms with Crippen molar-refractivity contribution < 1.29 is 0 Å². The summed E-state index contributed by atoms with van der Waals surface area (Å²) >= 11 is 2.45. The van der Waals surface area contributed by atoms with E-state index < -0.39 is 0 Å². The molecule has 0 aliphatic rings. The highest BCUT2D eigenvalue weighted by molar-refractivity contribution is 14.1. The fourth-order valence-electron chi connectivity index (χ4n) is 1.78. The molecule has 15 heavy (non-hydrogen) atoms. The standard InChI is InChI=1S/C13H26IN/c1-3-4-7-12(2)13(9-11-15)8-5-6-10-14/h3-11,15H2,1-2H3/b13-12-. The first kappa shape index (κ1) is 15.4. The van der Waals surface area contributed by atoms with E-state index in [1.807, 2.05) is 0 Å². The summed E-state index contributed by atoms with van der Waals surface area (Å²) in [6.45, 7) is 5.36. The zero-order valence-electron chi connectivity index (χ0n) is 10.3. The Balaban J connectivity index is 4.07. The molecule has 0 heterocycles. The summed E-state index contributed by atoms with van der Waals surface area (Å²) in [6.07, 6.45) is 8.95. The molecule has 0 aromatic heterocycles. The third-order valence-corrected chi connectivity index (χ3v) is 3.58. The first-order chi connectivity index (χ1) is 7.26. The summed E-state index contributed by atoms with van der Waals surface area (Å²) in [5.41, 5.74) is 8.91. The van der Waals surface area contributed by atoms with Gasteiger partial charge in [-0.05, 0) is 56.4 Å². The van der Waals surface area contributed by atoms with Crippen LogP contribution in [-0.4, -0.2) is 11.0 Å². The van der Waals surface area contributed by atoms with Crippen LogP contribution in [0, 0.1) is 0 Å². The van der Waals surface area contributed by atoms with Crippen LogP contribution in [0.15, 0.2) is 11.1 Å². The molecule has 0 aromatic rings. The molecule has 0 spiro atoms. The summed E-state index contributed by atoms with van der Waals surface area (Å²) < 4.78 is 1.28. The number of allylic oxidation sites excluding steroid dienone is 1. The van der Waals surface area contributed by atoms with Crippen molar-refractivity contribution in [2.45, 2.75) is 58.8 Å². The van der Waals surface area contributed by atoms with E-state index in [4.69, 9.17) is 5.73 Å². The van der Waals surface area contributed by atoms with Gasteiger partial charge in [0.25, 0.3) is 0 Å². The fourth-order valence-corrected chi connectivity index (χ4v) is 2.32. The minimum absolute atomic E-state index is 0.809. The van der Waals surface area contributed by atoms with E-state index in [0.29, 0.717) is 0 Å². The van der Waals surface area contributed by atoms with Gasteiger partial charge >= 0.3 is 0 Å². The lowest BCUT2D eigenvalue weighted by molar-refractivity contribution is 0.722. The van der Waals surface area contributed by atoms with Crippen molar-refractivity contribution >= 4 is 22.6 Å². The first-order valence-electron chi connectivity index (χ1n) is 6.19. The van der Waals surface area contributed by atoms with Gasteiger partial charge in [0.15, 0.2) is 0 Å². The molecule has 1 nitrogen and oxygen atoms in total. The third kappa shape index (κ3) is 8.26. The van der Waals surface area contributed by atoms with Crippen molar-refractivity contribution in [1.29, 1.82) is 0 Å². The van der Waals surface area contributed by atoms with Crippen LogP contribution in [0.5, 0.6) is 0 Å². The lowest BCUT2D eigenvalue weighted by atomic mass is 9.97. The summed E-state index contributed by atoms with van der Waals surface area (Å²) in [5.74, 6) is 0. The Hall–Kier alpha value is 0.430. The van der Waals surface area contributed by atoms with E-state index in [-0.39, 0.29) is 0 Å². The van der Waals surface area contributed by atoms with Crippen molar-refractivity contribution in [3.05, 3.63) is 11.1 Å². The summed E-state index contributed by atoms with van der Waals surface area (Å²) in [5, 5.41) is 0. The Morgan fingerprint density at radius 1 is 1.07 bits per heavy atom. The van der Waals surface area contributed by atoms with E-state index in [9.17, 15) is 0 Å². The van der Waals surface area contributed by atoms with Gasteiger partial charge in [0.2, 0.25) is 0 Å². The minimum atomic E-state index is 0.809. The Labute approximate surface area is 109 Å².